The third kappa shape index (κ3) is 4.64. The predicted octanol–water partition coefficient (Wildman–Crippen LogP) is 5.82. The van der Waals surface area contributed by atoms with Gasteiger partial charge in [0.1, 0.15) is 5.75 Å². The molecule has 4 rings (SSSR count). The summed E-state index contributed by atoms with van der Waals surface area (Å²) in [6.07, 6.45) is 0.974. The molecular weight excluding hydrogens is 432 g/mol. The van der Waals surface area contributed by atoms with Gasteiger partial charge in [-0.05, 0) is 87.3 Å². The van der Waals surface area contributed by atoms with Gasteiger partial charge in [-0.3, -0.25) is 0 Å². The second-order valence-corrected chi connectivity index (χ2v) is 8.64. The van der Waals surface area contributed by atoms with Gasteiger partial charge in [0.15, 0.2) is 5.11 Å². The average molecular weight is 463 g/mol. The second kappa shape index (κ2) is 9.75. The molecular formula is C26H30N4O2S. The molecule has 1 aromatic heterocycles. The van der Waals surface area contributed by atoms with Crippen molar-refractivity contribution in [3.63, 3.8) is 0 Å². The Hall–Kier alpha value is -3.19. The molecule has 0 radical (unpaired) electrons. The average Bonchev–Trinajstić information content (AvgIpc) is 3.28. The van der Waals surface area contributed by atoms with Gasteiger partial charge in [0.2, 0.25) is 5.82 Å². The van der Waals surface area contributed by atoms with Gasteiger partial charge in [0.25, 0.3) is 5.89 Å². The van der Waals surface area contributed by atoms with E-state index in [0.717, 1.165) is 41.1 Å². The first-order valence-electron chi connectivity index (χ1n) is 11.4. The highest BCUT2D eigenvalue weighted by Crippen LogP contribution is 2.38. The molecule has 33 heavy (non-hydrogen) atoms. The number of thiocarbonyl (C=S) groups is 1. The monoisotopic (exact) mass is 462 g/mol. The molecule has 0 bridgehead atoms. The van der Waals surface area contributed by atoms with E-state index >= 15 is 0 Å². The van der Waals surface area contributed by atoms with Crippen molar-refractivity contribution in [1.82, 2.24) is 20.4 Å². The first-order valence-corrected chi connectivity index (χ1v) is 11.8. The van der Waals surface area contributed by atoms with Gasteiger partial charge in [-0.2, -0.15) is 4.98 Å². The Labute approximate surface area is 200 Å². The van der Waals surface area contributed by atoms with E-state index in [4.69, 9.17) is 26.5 Å². The van der Waals surface area contributed by atoms with E-state index in [-0.39, 0.29) is 6.04 Å². The van der Waals surface area contributed by atoms with Crippen molar-refractivity contribution in [2.24, 2.45) is 0 Å². The van der Waals surface area contributed by atoms with Gasteiger partial charge in [-0.25, -0.2) is 0 Å². The highest BCUT2D eigenvalue weighted by molar-refractivity contribution is 7.80. The maximum absolute atomic E-state index is 5.81. The van der Waals surface area contributed by atoms with Crippen molar-refractivity contribution in [2.45, 2.75) is 47.1 Å². The molecule has 0 saturated heterocycles. The molecule has 1 N–H and O–H groups in total. The van der Waals surface area contributed by atoms with E-state index in [0.29, 0.717) is 23.4 Å². The Morgan fingerprint density at radius 2 is 1.82 bits per heavy atom. The minimum absolute atomic E-state index is 0.168. The van der Waals surface area contributed by atoms with Crippen molar-refractivity contribution < 1.29 is 9.26 Å². The molecule has 0 amide bonds. The molecule has 1 aliphatic heterocycles. The van der Waals surface area contributed by atoms with Crippen LogP contribution in [0.25, 0.3) is 17.0 Å². The van der Waals surface area contributed by atoms with E-state index in [2.05, 4.69) is 61.3 Å². The van der Waals surface area contributed by atoms with Gasteiger partial charge in [0, 0.05) is 17.8 Å². The highest BCUT2D eigenvalue weighted by Gasteiger charge is 2.33. The highest BCUT2D eigenvalue weighted by atomic mass is 32.1. The maximum Gasteiger partial charge on any atom is 0.258 e. The van der Waals surface area contributed by atoms with E-state index in [1.807, 2.05) is 31.2 Å². The van der Waals surface area contributed by atoms with E-state index < -0.39 is 0 Å². The number of nitrogens with zero attached hydrogens (tertiary/aromatic N) is 3. The summed E-state index contributed by atoms with van der Waals surface area (Å²) in [6.45, 7) is 11.9. The van der Waals surface area contributed by atoms with Gasteiger partial charge < -0.3 is 19.5 Å². The molecule has 0 spiro atoms. The fraction of sp³-hybridized carbons (Fsp3) is 0.346. The summed E-state index contributed by atoms with van der Waals surface area (Å²) in [4.78, 5) is 6.89. The molecule has 172 valence electrons. The Kier molecular flexibility index (Phi) is 6.79. The molecule has 7 heteroatoms. The summed E-state index contributed by atoms with van der Waals surface area (Å²) in [6, 6.07) is 14.0. The lowest BCUT2D eigenvalue weighted by atomic mass is 9.92. The van der Waals surface area contributed by atoms with Crippen molar-refractivity contribution in [2.75, 3.05) is 13.2 Å². The third-order valence-electron chi connectivity index (χ3n) is 5.99. The molecule has 6 nitrogen and oxygen atoms in total. The quantitative estimate of drug-likeness (QED) is 0.444. The fourth-order valence-corrected chi connectivity index (χ4v) is 4.41. The first-order chi connectivity index (χ1) is 15.9. The van der Waals surface area contributed by atoms with Gasteiger partial charge in [-0.1, -0.05) is 30.3 Å². The van der Waals surface area contributed by atoms with Crippen molar-refractivity contribution in [1.29, 1.82) is 0 Å². The molecule has 1 aliphatic rings. The number of hydrogen-bond donors (Lipinski definition) is 1. The molecule has 1 atom stereocenters. The predicted molar refractivity (Wildman–Crippen MR) is 135 cm³/mol. The zero-order valence-corrected chi connectivity index (χ0v) is 20.6. The van der Waals surface area contributed by atoms with Crippen LogP contribution in [0.5, 0.6) is 5.75 Å². The summed E-state index contributed by atoms with van der Waals surface area (Å²) in [5.41, 5.74) is 6.46. The smallest absolute Gasteiger partial charge is 0.258 e. The Morgan fingerprint density at radius 1 is 1.06 bits per heavy atom. The van der Waals surface area contributed by atoms with Crippen LogP contribution >= 0.6 is 12.2 Å². The molecule has 2 aromatic carbocycles. The summed E-state index contributed by atoms with van der Waals surface area (Å²) in [5.74, 6) is 1.86. The van der Waals surface area contributed by atoms with Crippen LogP contribution < -0.4 is 10.1 Å². The third-order valence-corrected chi connectivity index (χ3v) is 6.33. The number of benzene rings is 2. The largest absolute Gasteiger partial charge is 0.494 e. The van der Waals surface area contributed by atoms with Gasteiger partial charge >= 0.3 is 0 Å². The Bertz CT molecular complexity index is 1180. The minimum atomic E-state index is -0.168. The van der Waals surface area contributed by atoms with Crippen LogP contribution in [0.2, 0.25) is 0 Å². The minimum Gasteiger partial charge on any atom is -0.494 e. The molecule has 3 aromatic rings. The zero-order valence-electron chi connectivity index (χ0n) is 19.8. The molecule has 0 fully saturated rings. The Balaban J connectivity index is 1.76. The van der Waals surface area contributed by atoms with Crippen molar-refractivity contribution in [3.05, 3.63) is 70.7 Å². The molecule has 2 heterocycles. The summed E-state index contributed by atoms with van der Waals surface area (Å²) < 4.78 is 11.4. The van der Waals surface area contributed by atoms with Crippen LogP contribution in [0.3, 0.4) is 0 Å². The van der Waals surface area contributed by atoms with Crippen LogP contribution in [0.4, 0.5) is 0 Å². The standard InChI is InChI=1S/C26H30N4O2S/c1-6-14-30-18(5)22(23(27-26(30)33)20-9-8-16(3)17(4)15-20)25-28-24(29-32-25)19-10-12-21(13-11-19)31-7-2/h8-13,15,23H,6-7,14H2,1-5H3,(H,27,33). The van der Waals surface area contributed by atoms with Gasteiger partial charge in [0.05, 0.1) is 18.2 Å². The van der Waals surface area contributed by atoms with Crippen LogP contribution in [0.1, 0.15) is 55.8 Å². The summed E-state index contributed by atoms with van der Waals surface area (Å²) >= 11 is 5.73. The second-order valence-electron chi connectivity index (χ2n) is 8.26. The Morgan fingerprint density at radius 3 is 2.48 bits per heavy atom. The lowest BCUT2D eigenvalue weighted by Crippen LogP contribution is -2.46. The number of hydrogen-bond acceptors (Lipinski definition) is 5. The molecule has 0 saturated carbocycles. The van der Waals surface area contributed by atoms with Crippen molar-refractivity contribution >= 4 is 22.9 Å². The lowest BCUT2D eigenvalue weighted by Gasteiger charge is -2.37. The number of rotatable bonds is 7. The number of aromatic nitrogens is 2. The first kappa shape index (κ1) is 23.0. The number of allylic oxidation sites excluding steroid dienone is 1. The normalized spacial score (nSPS) is 16.2. The van der Waals surface area contributed by atoms with Crippen molar-refractivity contribution in [3.8, 4) is 17.1 Å². The van der Waals surface area contributed by atoms with E-state index in [1.165, 1.54) is 11.1 Å². The fourth-order valence-electron chi connectivity index (χ4n) is 4.06. The van der Waals surface area contributed by atoms with Crippen LogP contribution in [-0.2, 0) is 0 Å². The molecule has 1 unspecified atom stereocenters. The number of ether oxygens (including phenoxy) is 1. The van der Waals surface area contributed by atoms with E-state index in [9.17, 15) is 0 Å². The topological polar surface area (TPSA) is 63.4 Å². The van der Waals surface area contributed by atoms with Crippen LogP contribution in [-0.4, -0.2) is 33.3 Å². The van der Waals surface area contributed by atoms with Gasteiger partial charge in [-0.15, -0.1) is 0 Å². The maximum atomic E-state index is 5.81. The summed E-state index contributed by atoms with van der Waals surface area (Å²) in [7, 11) is 0. The zero-order chi connectivity index (χ0) is 23.5. The van der Waals surface area contributed by atoms with Crippen LogP contribution in [0.15, 0.2) is 52.7 Å². The van der Waals surface area contributed by atoms with E-state index in [1.54, 1.807) is 0 Å². The molecule has 0 aliphatic carbocycles. The van der Waals surface area contributed by atoms with Crippen LogP contribution in [0, 0.1) is 13.8 Å². The number of nitrogens with one attached hydrogen (secondary N) is 1. The summed E-state index contributed by atoms with van der Waals surface area (Å²) in [5, 5.41) is 8.52. The lowest BCUT2D eigenvalue weighted by molar-refractivity contribution is 0.340. The SMILES string of the molecule is CCCN1C(=S)NC(c2ccc(C)c(C)c2)C(c2nc(-c3ccc(OCC)cc3)no2)=C1C. The number of aryl methyl sites for hydroxylation is 2.